The van der Waals surface area contributed by atoms with Crippen molar-refractivity contribution in [3.05, 3.63) is 108 Å². The largest absolute Gasteiger partial charge is 0.0622 e. The Labute approximate surface area is 166 Å². The van der Waals surface area contributed by atoms with E-state index in [4.69, 9.17) is 0 Å². The zero-order valence-electron chi connectivity index (χ0n) is 16.2. The maximum absolute atomic E-state index is 2.33. The summed E-state index contributed by atoms with van der Waals surface area (Å²) in [6, 6.07) is 35.3. The van der Waals surface area contributed by atoms with Crippen LogP contribution in [0.2, 0.25) is 0 Å². The zero-order chi connectivity index (χ0) is 19.1. The van der Waals surface area contributed by atoms with Gasteiger partial charge >= 0.3 is 0 Å². The molecule has 0 N–H and O–H groups in total. The predicted octanol–water partition coefficient (Wildman–Crippen LogP) is 7.94. The molecule has 5 rings (SSSR count). The van der Waals surface area contributed by atoms with Crippen LogP contribution in [0.3, 0.4) is 0 Å². The lowest BCUT2D eigenvalue weighted by Crippen LogP contribution is -1.89. The highest BCUT2D eigenvalue weighted by molar-refractivity contribution is 6.15. The Hall–Kier alpha value is -3.38. The summed E-state index contributed by atoms with van der Waals surface area (Å²) in [5, 5.41) is 5.29. The summed E-state index contributed by atoms with van der Waals surface area (Å²) in [5.41, 5.74) is 7.74. The second-order valence-corrected chi connectivity index (χ2v) is 7.61. The minimum absolute atomic E-state index is 1.27. The van der Waals surface area contributed by atoms with Crippen LogP contribution in [0.1, 0.15) is 11.1 Å². The maximum Gasteiger partial charge on any atom is -0.00962 e. The standard InChI is InChI=1S/C28H22/c1-19-15-25(21-9-5-3-6-10-21)23-13-14-24-26(22-11-7-4-8-12-22)16-20(2)18-28(24)27(23)17-19/h3-18H,1-2H3. The van der Waals surface area contributed by atoms with Crippen LogP contribution >= 0.6 is 0 Å². The third kappa shape index (κ3) is 2.78. The van der Waals surface area contributed by atoms with Crippen LogP contribution < -0.4 is 0 Å². The first kappa shape index (κ1) is 16.8. The monoisotopic (exact) mass is 358 g/mol. The number of benzene rings is 5. The molecule has 0 bridgehead atoms. The Morgan fingerprint density at radius 3 is 1.18 bits per heavy atom. The highest BCUT2D eigenvalue weighted by atomic mass is 14.2. The minimum Gasteiger partial charge on any atom is -0.0622 e. The van der Waals surface area contributed by atoms with E-state index in [0.29, 0.717) is 0 Å². The molecule has 28 heavy (non-hydrogen) atoms. The summed E-state index contributed by atoms with van der Waals surface area (Å²) < 4.78 is 0. The zero-order valence-corrected chi connectivity index (χ0v) is 16.2. The number of hydrogen-bond donors (Lipinski definition) is 0. The normalized spacial score (nSPS) is 11.2. The van der Waals surface area contributed by atoms with Gasteiger partial charge in [0.15, 0.2) is 0 Å². The molecule has 0 heteroatoms. The molecule has 0 unspecified atom stereocenters. The van der Waals surface area contributed by atoms with Gasteiger partial charge in [-0.25, -0.2) is 0 Å². The first-order chi connectivity index (χ1) is 13.7. The van der Waals surface area contributed by atoms with Crippen LogP contribution in [-0.4, -0.2) is 0 Å². The van der Waals surface area contributed by atoms with Crippen LogP contribution in [0, 0.1) is 13.8 Å². The van der Waals surface area contributed by atoms with Gasteiger partial charge in [0, 0.05) is 0 Å². The predicted molar refractivity (Wildman–Crippen MR) is 122 cm³/mol. The van der Waals surface area contributed by atoms with E-state index in [0.717, 1.165) is 0 Å². The van der Waals surface area contributed by atoms with E-state index in [-0.39, 0.29) is 0 Å². The van der Waals surface area contributed by atoms with Gasteiger partial charge in [-0.1, -0.05) is 97.1 Å². The second-order valence-electron chi connectivity index (χ2n) is 7.61. The molecule has 5 aromatic rings. The van der Waals surface area contributed by atoms with E-state index in [2.05, 4.69) is 111 Å². The first-order valence-corrected chi connectivity index (χ1v) is 9.79. The summed E-state index contributed by atoms with van der Waals surface area (Å²) in [7, 11) is 0. The summed E-state index contributed by atoms with van der Waals surface area (Å²) in [5.74, 6) is 0. The smallest absolute Gasteiger partial charge is 0.00962 e. The molecule has 5 aromatic carbocycles. The molecule has 0 saturated heterocycles. The Morgan fingerprint density at radius 1 is 0.393 bits per heavy atom. The number of fused-ring (bicyclic) bond motifs is 3. The molecule has 0 nitrogen and oxygen atoms in total. The van der Waals surface area contributed by atoms with Gasteiger partial charge in [-0.05, 0) is 68.8 Å². The van der Waals surface area contributed by atoms with Crippen molar-refractivity contribution in [3.8, 4) is 22.3 Å². The van der Waals surface area contributed by atoms with E-state index in [1.807, 2.05) is 0 Å². The van der Waals surface area contributed by atoms with Gasteiger partial charge in [-0.3, -0.25) is 0 Å². The minimum atomic E-state index is 1.27. The number of aryl methyl sites for hydroxylation is 2. The van der Waals surface area contributed by atoms with Gasteiger partial charge < -0.3 is 0 Å². The summed E-state index contributed by atoms with van der Waals surface area (Å²) in [4.78, 5) is 0. The average Bonchev–Trinajstić information content (AvgIpc) is 2.74. The highest BCUT2D eigenvalue weighted by Crippen LogP contribution is 2.38. The van der Waals surface area contributed by atoms with E-state index < -0.39 is 0 Å². The fraction of sp³-hybridized carbons (Fsp3) is 0.0714. The quantitative estimate of drug-likeness (QED) is 0.281. The molecule has 0 amide bonds. The van der Waals surface area contributed by atoms with Gasteiger partial charge in [0.1, 0.15) is 0 Å². The molecule has 134 valence electrons. The lowest BCUT2D eigenvalue weighted by Gasteiger charge is -2.15. The van der Waals surface area contributed by atoms with Crippen molar-refractivity contribution in [1.29, 1.82) is 0 Å². The molecule has 0 atom stereocenters. The van der Waals surface area contributed by atoms with Crippen molar-refractivity contribution in [3.63, 3.8) is 0 Å². The van der Waals surface area contributed by atoms with E-state index in [1.165, 1.54) is 54.9 Å². The van der Waals surface area contributed by atoms with Crippen LogP contribution in [0.25, 0.3) is 43.8 Å². The van der Waals surface area contributed by atoms with Crippen molar-refractivity contribution in [2.45, 2.75) is 13.8 Å². The Kier molecular flexibility index (Phi) is 3.98. The van der Waals surface area contributed by atoms with Crippen LogP contribution in [0.15, 0.2) is 97.1 Å². The van der Waals surface area contributed by atoms with Crippen LogP contribution in [0.5, 0.6) is 0 Å². The van der Waals surface area contributed by atoms with E-state index in [9.17, 15) is 0 Å². The van der Waals surface area contributed by atoms with Crippen LogP contribution in [0.4, 0.5) is 0 Å². The van der Waals surface area contributed by atoms with Crippen LogP contribution in [-0.2, 0) is 0 Å². The fourth-order valence-electron chi connectivity index (χ4n) is 4.28. The number of hydrogen-bond acceptors (Lipinski definition) is 0. The summed E-state index contributed by atoms with van der Waals surface area (Å²) in [6.45, 7) is 4.39. The molecule has 0 aliphatic heterocycles. The molecule has 0 spiro atoms. The Morgan fingerprint density at radius 2 is 0.786 bits per heavy atom. The Bertz CT molecular complexity index is 1190. The molecular formula is C28H22. The molecule has 0 heterocycles. The highest BCUT2D eigenvalue weighted by Gasteiger charge is 2.11. The lowest BCUT2D eigenvalue weighted by molar-refractivity contribution is 1.49. The van der Waals surface area contributed by atoms with Crippen molar-refractivity contribution in [2.24, 2.45) is 0 Å². The molecule has 0 aromatic heterocycles. The van der Waals surface area contributed by atoms with Crippen molar-refractivity contribution in [2.75, 3.05) is 0 Å². The van der Waals surface area contributed by atoms with Gasteiger partial charge in [0.2, 0.25) is 0 Å². The SMILES string of the molecule is Cc1cc(-c2ccccc2)c2ccc3c(-c4ccccc4)cc(C)cc3c2c1. The first-order valence-electron chi connectivity index (χ1n) is 9.79. The van der Waals surface area contributed by atoms with Gasteiger partial charge in [0.25, 0.3) is 0 Å². The molecular weight excluding hydrogens is 336 g/mol. The molecule has 0 aliphatic carbocycles. The van der Waals surface area contributed by atoms with Crippen molar-refractivity contribution >= 4 is 21.5 Å². The van der Waals surface area contributed by atoms with Gasteiger partial charge in [-0.2, -0.15) is 0 Å². The lowest BCUT2D eigenvalue weighted by atomic mass is 9.89. The average molecular weight is 358 g/mol. The summed E-state index contributed by atoms with van der Waals surface area (Å²) >= 11 is 0. The second kappa shape index (κ2) is 6.65. The molecule has 0 radical (unpaired) electrons. The summed E-state index contributed by atoms with van der Waals surface area (Å²) in [6.07, 6.45) is 0. The molecule has 0 aliphatic rings. The fourth-order valence-corrected chi connectivity index (χ4v) is 4.28. The van der Waals surface area contributed by atoms with E-state index >= 15 is 0 Å². The van der Waals surface area contributed by atoms with Crippen molar-refractivity contribution in [1.82, 2.24) is 0 Å². The molecule has 0 saturated carbocycles. The third-order valence-electron chi connectivity index (χ3n) is 5.53. The van der Waals surface area contributed by atoms with Crippen molar-refractivity contribution < 1.29 is 0 Å². The van der Waals surface area contributed by atoms with E-state index in [1.54, 1.807) is 0 Å². The topological polar surface area (TPSA) is 0 Å². The number of rotatable bonds is 2. The molecule has 0 fully saturated rings. The van der Waals surface area contributed by atoms with Gasteiger partial charge in [0.05, 0.1) is 0 Å². The third-order valence-corrected chi connectivity index (χ3v) is 5.53. The Balaban J connectivity index is 1.89. The van der Waals surface area contributed by atoms with Gasteiger partial charge in [-0.15, -0.1) is 0 Å². The maximum atomic E-state index is 2.33.